The molecule has 12 nitrogen and oxygen atoms in total. The van der Waals surface area contributed by atoms with Crippen LogP contribution in [0.2, 0.25) is 0 Å². The summed E-state index contributed by atoms with van der Waals surface area (Å²) in [5.74, 6) is 2.56. The van der Waals surface area contributed by atoms with Gasteiger partial charge in [0.15, 0.2) is 6.61 Å². The third kappa shape index (κ3) is 8.68. The molecule has 0 bridgehead atoms. The zero-order valence-electron chi connectivity index (χ0n) is 30.3. The second-order valence-electron chi connectivity index (χ2n) is 13.3. The second kappa shape index (κ2) is 16.8. The zero-order chi connectivity index (χ0) is 37.6. The molecule has 280 valence electrons. The van der Waals surface area contributed by atoms with Crippen molar-refractivity contribution in [1.29, 1.82) is 0 Å². The molecule has 0 aliphatic carbocycles. The smallest absolute Gasteiger partial charge is 0.260 e. The van der Waals surface area contributed by atoms with Gasteiger partial charge in [0.25, 0.3) is 5.91 Å². The quantitative estimate of drug-likeness (QED) is 0.172. The summed E-state index contributed by atoms with van der Waals surface area (Å²) in [5, 5.41) is 5.38. The Kier molecular flexibility index (Phi) is 11.1. The van der Waals surface area contributed by atoms with Crippen LogP contribution in [-0.4, -0.2) is 89.3 Å². The number of hydrogen-bond donors (Lipinski definition) is 3. The van der Waals surface area contributed by atoms with Gasteiger partial charge in [0.1, 0.15) is 21.2 Å². The highest BCUT2D eigenvalue weighted by molar-refractivity contribution is 7.22. The van der Waals surface area contributed by atoms with Gasteiger partial charge in [-0.1, -0.05) is 78.9 Å². The van der Waals surface area contributed by atoms with Crippen LogP contribution >= 0.6 is 22.7 Å². The van der Waals surface area contributed by atoms with Gasteiger partial charge in [0, 0.05) is 60.6 Å². The number of carbonyl (C=O) groups excluding carboxylic acids is 1. The highest BCUT2D eigenvalue weighted by atomic mass is 32.1. The average molecular weight is 771 g/mol. The monoisotopic (exact) mass is 770 g/mol. The van der Waals surface area contributed by atoms with E-state index in [0.29, 0.717) is 31.9 Å². The van der Waals surface area contributed by atoms with Crippen molar-refractivity contribution in [3.05, 3.63) is 109 Å². The fourth-order valence-corrected chi connectivity index (χ4v) is 8.72. The van der Waals surface area contributed by atoms with E-state index in [4.69, 9.17) is 21.2 Å². The lowest BCUT2D eigenvalue weighted by Gasteiger charge is -2.35. The van der Waals surface area contributed by atoms with E-state index >= 15 is 0 Å². The number of nitrogens with two attached hydrogens (primary N) is 2. The van der Waals surface area contributed by atoms with Gasteiger partial charge in [0.05, 0.1) is 11.6 Å². The molecule has 1 amide bonds. The maximum absolute atomic E-state index is 12.6. The van der Waals surface area contributed by atoms with E-state index in [1.54, 1.807) is 22.7 Å². The molecular weight excluding hydrogens is 729 g/mol. The lowest BCUT2D eigenvalue weighted by Crippen LogP contribution is -2.50. The largest absolute Gasteiger partial charge is 0.484 e. The van der Waals surface area contributed by atoms with Crippen LogP contribution < -0.4 is 31.3 Å². The van der Waals surface area contributed by atoms with Crippen molar-refractivity contribution in [3.8, 4) is 26.6 Å². The Hall–Kier alpha value is -5.67. The van der Waals surface area contributed by atoms with Crippen molar-refractivity contribution in [1.82, 2.24) is 30.2 Å². The third-order valence-electron chi connectivity index (χ3n) is 9.52. The van der Waals surface area contributed by atoms with E-state index in [1.807, 2.05) is 65.7 Å². The number of piperazine rings is 1. The first-order valence-corrected chi connectivity index (χ1v) is 20.0. The van der Waals surface area contributed by atoms with Crippen molar-refractivity contribution in [2.24, 2.45) is 5.73 Å². The maximum atomic E-state index is 12.6. The van der Waals surface area contributed by atoms with Gasteiger partial charge in [-0.2, -0.15) is 4.98 Å². The number of nitrogens with zero attached hydrogens (tertiary/aromatic N) is 7. The summed E-state index contributed by atoms with van der Waals surface area (Å²) in [6.07, 6.45) is 2.94. The fraction of sp³-hybridized carbons (Fsp3) is 0.244. The van der Waals surface area contributed by atoms with Crippen molar-refractivity contribution in [2.45, 2.75) is 12.6 Å². The van der Waals surface area contributed by atoms with E-state index < -0.39 is 0 Å². The normalized spacial score (nSPS) is 16.1. The minimum absolute atomic E-state index is 0.0113. The molecule has 1 atom stereocenters. The molecule has 0 radical (unpaired) electrons. The van der Waals surface area contributed by atoms with Gasteiger partial charge in [0.2, 0.25) is 11.9 Å². The molecule has 1 unspecified atom stereocenters. The molecule has 14 heteroatoms. The molecule has 5 N–H and O–H groups in total. The minimum atomic E-state index is -0.0278. The summed E-state index contributed by atoms with van der Waals surface area (Å²) in [5.41, 5.74) is 14.4. The molecule has 2 saturated heterocycles. The summed E-state index contributed by atoms with van der Waals surface area (Å²) in [4.78, 5) is 41.4. The average Bonchev–Trinajstić information content (AvgIpc) is 3.80. The summed E-state index contributed by atoms with van der Waals surface area (Å²) >= 11 is 3.32. The molecule has 55 heavy (non-hydrogen) atoms. The fourth-order valence-electron chi connectivity index (χ4n) is 6.68. The van der Waals surface area contributed by atoms with Crippen LogP contribution in [0.25, 0.3) is 41.3 Å². The number of anilines is 3. The van der Waals surface area contributed by atoms with Gasteiger partial charge in [-0.15, -0.1) is 22.7 Å². The highest BCUT2D eigenvalue weighted by Gasteiger charge is 2.25. The highest BCUT2D eigenvalue weighted by Crippen LogP contribution is 2.37. The van der Waals surface area contributed by atoms with Crippen LogP contribution in [0.15, 0.2) is 109 Å². The predicted molar refractivity (Wildman–Crippen MR) is 224 cm³/mol. The number of carbonyl (C=O) groups is 1. The van der Waals surface area contributed by atoms with Crippen LogP contribution in [0.4, 0.5) is 17.7 Å². The van der Waals surface area contributed by atoms with Gasteiger partial charge in [-0.25, -0.2) is 15.0 Å². The molecule has 4 aromatic heterocycles. The number of aromatic nitrogens is 4. The molecule has 0 saturated carbocycles. The summed E-state index contributed by atoms with van der Waals surface area (Å²) in [6.45, 7) is 5.23. The predicted octanol–water partition coefficient (Wildman–Crippen LogP) is 6.11. The Morgan fingerprint density at radius 3 is 2.15 bits per heavy atom. The number of nitrogens with one attached hydrogen (secondary N) is 1. The number of fused-ring (bicyclic) bond motifs is 2. The first-order valence-electron chi connectivity index (χ1n) is 18.4. The Labute approximate surface area is 327 Å². The SMILES string of the molecule is NC1CN(c2ncc3cc(-c4ccccc4)sc3n2)CCCN1.Nc1nc(N2CCN(C(=O)COc3ccccc3)CC2)c2cc(-c3ccccc3)sc2n1. The maximum Gasteiger partial charge on any atom is 0.260 e. The number of hydrogen-bond acceptors (Lipinski definition) is 13. The topological polar surface area (TPSA) is 152 Å². The van der Waals surface area contributed by atoms with Crippen molar-refractivity contribution < 1.29 is 9.53 Å². The van der Waals surface area contributed by atoms with E-state index in [1.165, 1.54) is 10.4 Å². The van der Waals surface area contributed by atoms with Crippen molar-refractivity contribution in [2.75, 3.05) is 68.0 Å². The number of rotatable bonds is 7. The molecule has 0 spiro atoms. The van der Waals surface area contributed by atoms with Gasteiger partial charge in [-0.3, -0.25) is 4.79 Å². The Morgan fingerprint density at radius 1 is 0.782 bits per heavy atom. The summed E-state index contributed by atoms with van der Waals surface area (Å²) in [6, 6.07) is 34.3. The van der Waals surface area contributed by atoms with Crippen molar-refractivity contribution >= 4 is 66.7 Å². The zero-order valence-corrected chi connectivity index (χ0v) is 31.9. The van der Waals surface area contributed by atoms with Gasteiger partial charge in [-0.05, 0) is 48.4 Å². The first kappa shape index (κ1) is 36.3. The molecule has 2 fully saturated rings. The first-order chi connectivity index (χ1) is 27.0. The Morgan fingerprint density at radius 2 is 1.44 bits per heavy atom. The molecule has 7 aromatic rings. The summed E-state index contributed by atoms with van der Waals surface area (Å²) in [7, 11) is 0. The number of nitrogen functional groups attached to an aromatic ring is 1. The van der Waals surface area contributed by atoms with Crippen LogP contribution in [0.1, 0.15) is 6.42 Å². The van der Waals surface area contributed by atoms with E-state index in [0.717, 1.165) is 68.7 Å². The lowest BCUT2D eigenvalue weighted by molar-refractivity contribution is -0.133. The number of benzene rings is 3. The minimum Gasteiger partial charge on any atom is -0.484 e. The molecule has 9 rings (SSSR count). The lowest BCUT2D eigenvalue weighted by atomic mass is 10.2. The molecule has 2 aliphatic heterocycles. The Bertz CT molecular complexity index is 2350. The number of ether oxygens (including phenoxy) is 1. The second-order valence-corrected chi connectivity index (χ2v) is 15.4. The third-order valence-corrected chi connectivity index (χ3v) is 11.7. The van der Waals surface area contributed by atoms with Crippen LogP contribution in [0.5, 0.6) is 5.75 Å². The van der Waals surface area contributed by atoms with E-state index in [-0.39, 0.29) is 24.6 Å². The van der Waals surface area contributed by atoms with Gasteiger partial charge < -0.3 is 36.2 Å². The molecular formula is C41H42N10O2S2. The number of thiophene rings is 2. The molecule has 6 heterocycles. The van der Waals surface area contributed by atoms with Gasteiger partial charge >= 0.3 is 0 Å². The van der Waals surface area contributed by atoms with Crippen molar-refractivity contribution in [3.63, 3.8) is 0 Å². The summed E-state index contributed by atoms with van der Waals surface area (Å²) < 4.78 is 5.61. The van der Waals surface area contributed by atoms with E-state index in [9.17, 15) is 4.79 Å². The molecule has 3 aromatic carbocycles. The van der Waals surface area contributed by atoms with E-state index in [2.05, 4.69) is 78.6 Å². The standard InChI is InChI=1S/C24H23N5O2S.C17H19N5S/c25-24-26-22(19-15-20(32-23(19)27-24)17-7-3-1-4-8-17)29-13-11-28(12-14-29)21(30)16-31-18-9-5-2-6-10-18;18-15-11-22(8-4-7-19-15)17-20-10-13-9-14(23-16(13)21-17)12-5-2-1-3-6-12/h1-10,15H,11-14,16H2,(H2,25,26,27);1-3,5-6,9-10,15,19H,4,7-8,11,18H2. The van der Waals surface area contributed by atoms with Crippen LogP contribution in [0, 0.1) is 0 Å². The number of amides is 1. The Balaban J connectivity index is 0.000000164. The molecule has 2 aliphatic rings. The number of para-hydroxylation sites is 1. The van der Waals surface area contributed by atoms with Crippen LogP contribution in [0.3, 0.4) is 0 Å². The van der Waals surface area contributed by atoms with Crippen LogP contribution in [-0.2, 0) is 4.79 Å².